The molecule has 1 aromatic heterocycles. The molecule has 7 nitrogen and oxygen atoms in total. The number of hydrogen-bond acceptors (Lipinski definition) is 6. The number of primary amides is 1. The Morgan fingerprint density at radius 2 is 1.97 bits per heavy atom. The van der Waals surface area contributed by atoms with Gasteiger partial charge >= 0.3 is 7.12 Å². The van der Waals surface area contributed by atoms with E-state index in [0.29, 0.717) is 30.2 Å². The van der Waals surface area contributed by atoms with Crippen LogP contribution in [0, 0.1) is 5.92 Å². The van der Waals surface area contributed by atoms with E-state index in [2.05, 4.69) is 22.2 Å². The summed E-state index contributed by atoms with van der Waals surface area (Å²) >= 11 is 0. The number of aromatic nitrogens is 2. The number of nitrogens with two attached hydrogens (primary N) is 1. The highest BCUT2D eigenvalue weighted by molar-refractivity contribution is 6.60. The van der Waals surface area contributed by atoms with Crippen molar-refractivity contribution in [3.8, 4) is 0 Å². The van der Waals surface area contributed by atoms with Crippen LogP contribution in [0.15, 0.2) is 54.7 Å². The third kappa shape index (κ3) is 3.79. The van der Waals surface area contributed by atoms with Crippen molar-refractivity contribution in [2.24, 2.45) is 11.7 Å². The Bertz CT molecular complexity index is 1080. The van der Waals surface area contributed by atoms with Gasteiger partial charge in [-0.25, -0.2) is 9.97 Å². The molecule has 30 heavy (non-hydrogen) atoms. The predicted molar refractivity (Wildman–Crippen MR) is 115 cm³/mol. The van der Waals surface area contributed by atoms with E-state index < -0.39 is 13.0 Å². The van der Waals surface area contributed by atoms with Crippen LogP contribution in [0.25, 0.3) is 0 Å². The zero-order chi connectivity index (χ0) is 21.3. The summed E-state index contributed by atoms with van der Waals surface area (Å²) in [5, 5.41) is 22.7. The molecule has 0 fully saturated rings. The van der Waals surface area contributed by atoms with E-state index in [0.717, 1.165) is 16.7 Å². The minimum Gasteiger partial charge on any atom is -0.423 e. The largest absolute Gasteiger partial charge is 0.493 e. The lowest BCUT2D eigenvalue weighted by atomic mass is 9.81. The maximum absolute atomic E-state index is 11.8. The minimum absolute atomic E-state index is 0.110. The van der Waals surface area contributed by atoms with Crippen molar-refractivity contribution in [1.82, 2.24) is 9.97 Å². The second-order valence-corrected chi connectivity index (χ2v) is 7.64. The number of nitrogens with zero attached hydrogens (tertiary/aromatic N) is 2. The number of rotatable bonds is 6. The molecule has 0 radical (unpaired) electrons. The van der Waals surface area contributed by atoms with Crippen LogP contribution in [0.3, 0.4) is 0 Å². The number of nitrogens with one attached hydrogen (secondary N) is 1. The molecule has 0 saturated heterocycles. The van der Waals surface area contributed by atoms with Gasteiger partial charge in [-0.05, 0) is 35.1 Å². The molecule has 2 atom stereocenters. The van der Waals surface area contributed by atoms with Gasteiger partial charge in [-0.15, -0.1) is 0 Å². The van der Waals surface area contributed by atoms with E-state index in [1.165, 1.54) is 6.20 Å². The van der Waals surface area contributed by atoms with Gasteiger partial charge in [-0.2, -0.15) is 0 Å². The summed E-state index contributed by atoms with van der Waals surface area (Å²) < 4.78 is 0. The number of hydrogen-bond donors (Lipinski definition) is 4. The summed E-state index contributed by atoms with van der Waals surface area (Å²) in [6.45, 7) is 2.57. The van der Waals surface area contributed by atoms with Crippen LogP contribution in [-0.2, 0) is 13.0 Å². The molecule has 0 bridgehead atoms. The molecule has 2 unspecified atom stereocenters. The summed E-state index contributed by atoms with van der Waals surface area (Å²) in [6, 6.07) is 15.3. The van der Waals surface area contributed by atoms with E-state index in [1.54, 1.807) is 6.07 Å². The first-order valence-electron chi connectivity index (χ1n) is 9.88. The maximum Gasteiger partial charge on any atom is 0.493 e. The van der Waals surface area contributed by atoms with Crippen LogP contribution < -0.4 is 16.5 Å². The van der Waals surface area contributed by atoms with Crippen molar-refractivity contribution in [1.29, 1.82) is 0 Å². The second kappa shape index (κ2) is 8.26. The highest BCUT2D eigenvalue weighted by atomic mass is 16.4. The van der Waals surface area contributed by atoms with Gasteiger partial charge in [0.25, 0.3) is 0 Å². The predicted octanol–water partition coefficient (Wildman–Crippen LogP) is 1.19. The lowest BCUT2D eigenvalue weighted by Gasteiger charge is -2.18. The molecular formula is C22H23BN4O3. The van der Waals surface area contributed by atoms with Crippen molar-refractivity contribution < 1.29 is 14.8 Å². The van der Waals surface area contributed by atoms with E-state index in [1.807, 2.05) is 42.5 Å². The molecule has 0 aliphatic heterocycles. The molecule has 152 valence electrons. The first kappa shape index (κ1) is 20.1. The maximum atomic E-state index is 11.8. The molecule has 8 heteroatoms. The standard InChI is InChI=1S/C22H23BN4O3/c1-13-10-17-15(8-5-9-16(17)20(24)28)19(13)22-26-12-18(23(29)30)21(27-22)25-11-14-6-3-2-4-7-14/h2-9,12-13,19,29-30H,10-11H2,1H3,(H2,24,28)(H,25,26,27). The van der Waals surface area contributed by atoms with Gasteiger partial charge in [-0.3, -0.25) is 4.79 Å². The summed E-state index contributed by atoms with van der Waals surface area (Å²) in [5.74, 6) is 0.576. The summed E-state index contributed by atoms with van der Waals surface area (Å²) in [7, 11) is -1.69. The third-order valence-corrected chi connectivity index (χ3v) is 5.60. The van der Waals surface area contributed by atoms with Gasteiger partial charge in [0, 0.05) is 29.7 Å². The minimum atomic E-state index is -1.69. The van der Waals surface area contributed by atoms with Gasteiger partial charge in [0.1, 0.15) is 11.6 Å². The van der Waals surface area contributed by atoms with Crippen molar-refractivity contribution in [2.45, 2.75) is 25.8 Å². The summed E-state index contributed by atoms with van der Waals surface area (Å²) in [6.07, 6.45) is 2.16. The Morgan fingerprint density at radius 3 is 2.67 bits per heavy atom. The average molecular weight is 402 g/mol. The molecule has 1 heterocycles. The summed E-state index contributed by atoms with van der Waals surface area (Å²) in [4.78, 5) is 20.9. The Kier molecular flexibility index (Phi) is 5.52. The van der Waals surface area contributed by atoms with Gasteiger partial charge < -0.3 is 21.1 Å². The van der Waals surface area contributed by atoms with Crippen molar-refractivity contribution in [3.63, 3.8) is 0 Å². The van der Waals surface area contributed by atoms with Crippen molar-refractivity contribution in [2.75, 3.05) is 5.32 Å². The van der Waals surface area contributed by atoms with Crippen LogP contribution >= 0.6 is 0 Å². The molecule has 5 N–H and O–H groups in total. The number of amides is 1. The quantitative estimate of drug-likeness (QED) is 0.460. The highest BCUT2D eigenvalue weighted by Crippen LogP contribution is 2.42. The van der Waals surface area contributed by atoms with Crippen LogP contribution in [-0.4, -0.2) is 33.0 Å². The average Bonchev–Trinajstić information content (AvgIpc) is 3.08. The van der Waals surface area contributed by atoms with Crippen molar-refractivity contribution in [3.05, 3.63) is 82.8 Å². The number of carbonyl (C=O) groups is 1. The van der Waals surface area contributed by atoms with Gasteiger partial charge in [0.15, 0.2) is 0 Å². The first-order chi connectivity index (χ1) is 14.5. The van der Waals surface area contributed by atoms with Gasteiger partial charge in [0.2, 0.25) is 5.91 Å². The third-order valence-electron chi connectivity index (χ3n) is 5.60. The van der Waals surface area contributed by atoms with E-state index in [4.69, 9.17) is 5.73 Å². The zero-order valence-corrected chi connectivity index (χ0v) is 16.6. The van der Waals surface area contributed by atoms with Crippen LogP contribution in [0.1, 0.15) is 45.7 Å². The Labute approximate surface area is 175 Å². The lowest BCUT2D eigenvalue weighted by molar-refractivity contribution is 0.0999. The Balaban J connectivity index is 1.70. The lowest BCUT2D eigenvalue weighted by Crippen LogP contribution is -2.34. The van der Waals surface area contributed by atoms with Crippen LogP contribution in [0.4, 0.5) is 5.82 Å². The molecule has 0 saturated carbocycles. The van der Waals surface area contributed by atoms with E-state index in [9.17, 15) is 14.8 Å². The van der Waals surface area contributed by atoms with Crippen LogP contribution in [0.2, 0.25) is 0 Å². The molecule has 3 aromatic rings. The molecule has 0 spiro atoms. The smallest absolute Gasteiger partial charge is 0.423 e. The topological polar surface area (TPSA) is 121 Å². The fourth-order valence-corrected chi connectivity index (χ4v) is 4.16. The number of anilines is 1. The number of benzene rings is 2. The van der Waals surface area contributed by atoms with Gasteiger partial charge in [0.05, 0.1) is 0 Å². The monoisotopic (exact) mass is 402 g/mol. The summed E-state index contributed by atoms with van der Waals surface area (Å²) in [5.41, 5.74) is 9.28. The number of fused-ring (bicyclic) bond motifs is 1. The van der Waals surface area contributed by atoms with E-state index in [-0.39, 0.29) is 17.3 Å². The van der Waals surface area contributed by atoms with Crippen molar-refractivity contribution >= 4 is 24.3 Å². The second-order valence-electron chi connectivity index (χ2n) is 7.64. The zero-order valence-electron chi connectivity index (χ0n) is 16.6. The normalized spacial score (nSPS) is 17.4. The highest BCUT2D eigenvalue weighted by Gasteiger charge is 2.35. The first-order valence-corrected chi connectivity index (χ1v) is 9.88. The molecule has 1 aliphatic carbocycles. The fourth-order valence-electron chi connectivity index (χ4n) is 4.16. The van der Waals surface area contributed by atoms with E-state index >= 15 is 0 Å². The molecule has 2 aromatic carbocycles. The molecular weight excluding hydrogens is 379 g/mol. The fraction of sp³-hybridized carbons (Fsp3) is 0.227. The number of carbonyl (C=O) groups excluding carboxylic acids is 1. The molecule has 4 rings (SSSR count). The Hall–Kier alpha value is -3.23. The SMILES string of the molecule is CC1Cc2c(C(N)=O)cccc2C1c1ncc(B(O)O)c(NCc2ccccc2)n1. The molecule has 1 aliphatic rings. The Morgan fingerprint density at radius 1 is 1.20 bits per heavy atom. The van der Waals surface area contributed by atoms with Gasteiger partial charge in [-0.1, -0.05) is 49.4 Å². The molecule has 1 amide bonds. The van der Waals surface area contributed by atoms with Crippen LogP contribution in [0.5, 0.6) is 0 Å².